The molecule has 1 fully saturated rings. The molecule has 3 nitrogen and oxygen atoms in total. The Bertz CT molecular complexity index is 437. The molecule has 0 bridgehead atoms. The van der Waals surface area contributed by atoms with Gasteiger partial charge in [-0.3, -0.25) is 4.79 Å². The van der Waals surface area contributed by atoms with Gasteiger partial charge in [0.1, 0.15) is 0 Å². The summed E-state index contributed by atoms with van der Waals surface area (Å²) >= 11 is 8.77. The third-order valence-electron chi connectivity index (χ3n) is 3.61. The number of nitrogens with one attached hydrogen (secondary N) is 1. The first-order chi connectivity index (χ1) is 9.60. The minimum Gasteiger partial charge on any atom is -0.466 e. The van der Waals surface area contributed by atoms with Crippen molar-refractivity contribution < 1.29 is 9.53 Å². The van der Waals surface area contributed by atoms with Gasteiger partial charge in [-0.2, -0.15) is 0 Å². The topological polar surface area (TPSA) is 38.3 Å². The fraction of sp³-hybridized carbons (Fsp3) is 0.643. The predicted molar refractivity (Wildman–Crippen MR) is 88.9 cm³/mol. The number of ether oxygens (including phenoxy) is 1. The molecule has 1 aromatic rings. The number of thiophene rings is 1. The molecule has 0 atom stereocenters. The summed E-state index contributed by atoms with van der Waals surface area (Å²) in [5.41, 5.74) is 0. The molecular formula is C14H19Br2NO2S. The van der Waals surface area contributed by atoms with Crippen molar-refractivity contribution >= 4 is 49.2 Å². The Labute approximate surface area is 140 Å². The second-order valence-corrected chi connectivity index (χ2v) is 8.32. The molecule has 0 aliphatic heterocycles. The minimum absolute atomic E-state index is 0.0166. The molecule has 1 saturated carbocycles. The second kappa shape index (κ2) is 7.92. The molecule has 1 heterocycles. The van der Waals surface area contributed by atoms with E-state index in [4.69, 9.17) is 4.74 Å². The van der Waals surface area contributed by atoms with Crippen LogP contribution in [0, 0.1) is 5.92 Å². The quantitative estimate of drug-likeness (QED) is 0.707. The standard InChI is InChI=1S/C14H19Br2NO2S/c1-2-19-14(18)9-3-5-10(6-4-9)17-8-11-7-12(15)13(16)20-11/h7,9-10,17H,2-6,8H2,1H3. The third-order valence-corrected chi connectivity index (χ3v) is 6.86. The molecule has 1 aromatic heterocycles. The van der Waals surface area contributed by atoms with E-state index in [-0.39, 0.29) is 11.9 Å². The molecule has 0 radical (unpaired) electrons. The highest BCUT2D eigenvalue weighted by atomic mass is 79.9. The zero-order chi connectivity index (χ0) is 14.5. The maximum atomic E-state index is 11.7. The van der Waals surface area contributed by atoms with Crippen LogP contribution in [0.5, 0.6) is 0 Å². The van der Waals surface area contributed by atoms with Gasteiger partial charge in [0.15, 0.2) is 0 Å². The number of carbonyl (C=O) groups excluding carboxylic acids is 1. The Hall–Kier alpha value is 0.0900. The summed E-state index contributed by atoms with van der Waals surface area (Å²) in [6.45, 7) is 3.24. The van der Waals surface area contributed by atoms with E-state index in [1.165, 1.54) is 4.88 Å². The Morgan fingerprint density at radius 1 is 1.40 bits per heavy atom. The Morgan fingerprint density at radius 3 is 2.65 bits per heavy atom. The first kappa shape index (κ1) is 16.5. The SMILES string of the molecule is CCOC(=O)C1CCC(NCc2cc(Br)c(Br)s2)CC1. The van der Waals surface area contributed by atoms with Crippen LogP contribution >= 0.6 is 43.2 Å². The van der Waals surface area contributed by atoms with Gasteiger partial charge >= 0.3 is 5.97 Å². The van der Waals surface area contributed by atoms with Crippen molar-refractivity contribution in [3.8, 4) is 0 Å². The summed E-state index contributed by atoms with van der Waals surface area (Å²) in [6.07, 6.45) is 3.98. The second-order valence-electron chi connectivity index (χ2n) is 5.02. The predicted octanol–water partition coefficient (Wildman–Crippen LogP) is 4.48. The first-order valence-electron chi connectivity index (χ1n) is 6.94. The van der Waals surface area contributed by atoms with Crippen molar-refractivity contribution in [3.63, 3.8) is 0 Å². The van der Waals surface area contributed by atoms with Gasteiger partial charge in [-0.15, -0.1) is 11.3 Å². The van der Waals surface area contributed by atoms with E-state index in [1.54, 1.807) is 11.3 Å². The molecule has 0 aromatic carbocycles. The van der Waals surface area contributed by atoms with Gasteiger partial charge in [0.2, 0.25) is 0 Å². The van der Waals surface area contributed by atoms with Crippen LogP contribution < -0.4 is 5.32 Å². The van der Waals surface area contributed by atoms with Crippen LogP contribution in [0.25, 0.3) is 0 Å². The molecule has 1 aliphatic rings. The summed E-state index contributed by atoms with van der Waals surface area (Å²) in [4.78, 5) is 13.0. The Kier molecular flexibility index (Phi) is 6.52. The number of esters is 1. The lowest BCUT2D eigenvalue weighted by atomic mass is 9.86. The molecule has 0 unspecified atom stereocenters. The van der Waals surface area contributed by atoms with E-state index in [2.05, 4.69) is 43.2 Å². The molecule has 20 heavy (non-hydrogen) atoms. The lowest BCUT2D eigenvalue weighted by Crippen LogP contribution is -2.34. The van der Waals surface area contributed by atoms with Crippen molar-refractivity contribution in [2.75, 3.05) is 6.61 Å². The minimum atomic E-state index is -0.0166. The van der Waals surface area contributed by atoms with E-state index >= 15 is 0 Å². The monoisotopic (exact) mass is 423 g/mol. The summed E-state index contributed by atoms with van der Waals surface area (Å²) in [5, 5.41) is 3.59. The Morgan fingerprint density at radius 2 is 2.10 bits per heavy atom. The average Bonchev–Trinajstić information content (AvgIpc) is 2.76. The number of carbonyl (C=O) groups is 1. The van der Waals surface area contributed by atoms with Crippen molar-refractivity contribution in [2.24, 2.45) is 5.92 Å². The van der Waals surface area contributed by atoms with Gasteiger partial charge in [0.05, 0.1) is 16.3 Å². The normalized spacial score (nSPS) is 22.8. The molecule has 1 aliphatic carbocycles. The first-order valence-corrected chi connectivity index (χ1v) is 9.34. The summed E-state index contributed by atoms with van der Waals surface area (Å²) in [6, 6.07) is 2.66. The van der Waals surface area contributed by atoms with E-state index in [0.29, 0.717) is 12.6 Å². The zero-order valence-corrected chi connectivity index (χ0v) is 15.4. The van der Waals surface area contributed by atoms with Gasteiger partial charge in [-0.25, -0.2) is 0 Å². The third kappa shape index (κ3) is 4.55. The fourth-order valence-corrected chi connectivity index (χ4v) is 4.64. The van der Waals surface area contributed by atoms with Gasteiger partial charge in [-0.05, 0) is 70.5 Å². The largest absolute Gasteiger partial charge is 0.466 e. The van der Waals surface area contributed by atoms with Crippen LogP contribution in [0.3, 0.4) is 0 Å². The summed E-state index contributed by atoms with van der Waals surface area (Å²) < 4.78 is 7.35. The molecular weight excluding hydrogens is 406 g/mol. The highest BCUT2D eigenvalue weighted by molar-refractivity contribution is 9.13. The Balaban J connectivity index is 1.73. The molecule has 6 heteroatoms. The summed E-state index contributed by atoms with van der Waals surface area (Å²) in [7, 11) is 0. The van der Waals surface area contributed by atoms with Crippen LogP contribution in [-0.4, -0.2) is 18.6 Å². The van der Waals surface area contributed by atoms with Crippen LogP contribution in [0.4, 0.5) is 0 Å². The molecule has 0 amide bonds. The van der Waals surface area contributed by atoms with Crippen LogP contribution in [0.15, 0.2) is 14.3 Å². The van der Waals surface area contributed by atoms with Crippen LogP contribution in [0.2, 0.25) is 0 Å². The van der Waals surface area contributed by atoms with Gasteiger partial charge in [-0.1, -0.05) is 0 Å². The van der Waals surface area contributed by atoms with Crippen molar-refractivity contribution in [3.05, 3.63) is 19.2 Å². The summed E-state index contributed by atoms with van der Waals surface area (Å²) in [5.74, 6) is 0.0927. The van der Waals surface area contributed by atoms with Crippen LogP contribution in [0.1, 0.15) is 37.5 Å². The van der Waals surface area contributed by atoms with Crippen molar-refractivity contribution in [2.45, 2.75) is 45.2 Å². The van der Waals surface area contributed by atoms with E-state index in [9.17, 15) is 4.79 Å². The number of hydrogen-bond acceptors (Lipinski definition) is 4. The smallest absolute Gasteiger partial charge is 0.308 e. The van der Waals surface area contributed by atoms with Gasteiger partial charge in [0.25, 0.3) is 0 Å². The van der Waals surface area contributed by atoms with Crippen molar-refractivity contribution in [1.82, 2.24) is 5.32 Å². The molecule has 2 rings (SSSR count). The lowest BCUT2D eigenvalue weighted by molar-refractivity contribution is -0.149. The average molecular weight is 425 g/mol. The van der Waals surface area contributed by atoms with E-state index in [1.807, 2.05) is 6.92 Å². The van der Waals surface area contributed by atoms with E-state index < -0.39 is 0 Å². The fourth-order valence-electron chi connectivity index (χ4n) is 2.52. The van der Waals surface area contributed by atoms with Gasteiger partial charge < -0.3 is 10.1 Å². The van der Waals surface area contributed by atoms with Gasteiger partial charge in [0, 0.05) is 21.9 Å². The molecule has 112 valence electrons. The maximum absolute atomic E-state index is 11.7. The van der Waals surface area contributed by atoms with Crippen LogP contribution in [-0.2, 0) is 16.1 Å². The maximum Gasteiger partial charge on any atom is 0.308 e. The van der Waals surface area contributed by atoms with Crippen molar-refractivity contribution in [1.29, 1.82) is 0 Å². The molecule has 0 spiro atoms. The van der Waals surface area contributed by atoms with E-state index in [0.717, 1.165) is 40.5 Å². The number of hydrogen-bond donors (Lipinski definition) is 1. The zero-order valence-electron chi connectivity index (χ0n) is 11.5. The lowest BCUT2D eigenvalue weighted by Gasteiger charge is -2.27. The number of halogens is 2. The molecule has 1 N–H and O–H groups in total. The highest BCUT2D eigenvalue weighted by Crippen LogP contribution is 2.32. The molecule has 0 saturated heterocycles. The highest BCUT2D eigenvalue weighted by Gasteiger charge is 2.26. The number of rotatable bonds is 5.